The van der Waals surface area contributed by atoms with E-state index in [0.29, 0.717) is 13.1 Å². The number of aromatic nitrogens is 2. The molecule has 112 valence electrons. The highest BCUT2D eigenvalue weighted by atomic mass is 32.1. The summed E-state index contributed by atoms with van der Waals surface area (Å²) in [6.45, 7) is 8.83. The van der Waals surface area contributed by atoms with Crippen LogP contribution in [0.2, 0.25) is 0 Å². The number of carboxylic acid groups (broad SMARTS) is 1. The Kier molecular flexibility index (Phi) is 4.80. The number of carboxylic acids is 1. The van der Waals surface area contributed by atoms with Crippen LogP contribution in [-0.4, -0.2) is 27.2 Å². The normalized spacial score (nSPS) is 10.6. The number of anilines is 1. The molecule has 0 aliphatic rings. The molecule has 0 bridgehead atoms. The van der Waals surface area contributed by atoms with Crippen LogP contribution in [0.1, 0.15) is 17.8 Å². The molecule has 0 saturated heterocycles. The summed E-state index contributed by atoms with van der Waals surface area (Å²) in [7, 11) is 0. The third-order valence-electron chi connectivity index (χ3n) is 3.30. The second-order valence-electron chi connectivity index (χ2n) is 4.79. The first kappa shape index (κ1) is 15.3. The van der Waals surface area contributed by atoms with E-state index in [1.54, 1.807) is 17.4 Å². The number of rotatable bonds is 7. The van der Waals surface area contributed by atoms with Crippen molar-refractivity contribution in [3.8, 4) is 11.3 Å². The topological polar surface area (TPSA) is 67.2 Å². The van der Waals surface area contributed by atoms with Crippen molar-refractivity contribution in [1.82, 2.24) is 9.55 Å². The number of hydrogen-bond acceptors (Lipinski definition) is 4. The van der Waals surface area contributed by atoms with Gasteiger partial charge in [0, 0.05) is 35.4 Å². The Morgan fingerprint density at radius 2 is 2.33 bits per heavy atom. The van der Waals surface area contributed by atoms with Gasteiger partial charge in [-0.25, -0.2) is 4.98 Å². The molecular formula is C15H19N3O2S. The maximum absolute atomic E-state index is 10.7. The van der Waals surface area contributed by atoms with Crippen molar-refractivity contribution >= 4 is 22.4 Å². The molecule has 0 aromatic carbocycles. The lowest BCUT2D eigenvalue weighted by Gasteiger charge is -2.07. The van der Waals surface area contributed by atoms with E-state index in [9.17, 15) is 4.79 Å². The van der Waals surface area contributed by atoms with Crippen molar-refractivity contribution < 1.29 is 9.90 Å². The number of aliphatic carboxylic acids is 1. The van der Waals surface area contributed by atoms with Crippen LogP contribution in [0.5, 0.6) is 0 Å². The molecular weight excluding hydrogens is 286 g/mol. The van der Waals surface area contributed by atoms with Gasteiger partial charge in [-0.3, -0.25) is 4.79 Å². The van der Waals surface area contributed by atoms with Gasteiger partial charge in [-0.1, -0.05) is 6.08 Å². The Morgan fingerprint density at radius 1 is 1.57 bits per heavy atom. The highest BCUT2D eigenvalue weighted by molar-refractivity contribution is 7.14. The van der Waals surface area contributed by atoms with Crippen LogP contribution in [0, 0.1) is 13.8 Å². The Bertz CT molecular complexity index is 658. The third kappa shape index (κ3) is 3.52. The lowest BCUT2D eigenvalue weighted by atomic mass is 10.2. The largest absolute Gasteiger partial charge is 0.481 e. The van der Waals surface area contributed by atoms with E-state index in [1.165, 1.54) is 0 Å². The summed E-state index contributed by atoms with van der Waals surface area (Å²) in [6, 6.07) is 2.06. The zero-order valence-corrected chi connectivity index (χ0v) is 13.0. The highest BCUT2D eigenvalue weighted by Crippen LogP contribution is 2.30. The van der Waals surface area contributed by atoms with Gasteiger partial charge in [0.1, 0.15) is 0 Å². The molecule has 2 aromatic heterocycles. The van der Waals surface area contributed by atoms with Crippen LogP contribution >= 0.6 is 11.3 Å². The molecule has 0 aliphatic carbocycles. The quantitative estimate of drug-likeness (QED) is 0.770. The van der Waals surface area contributed by atoms with Crippen LogP contribution in [0.25, 0.3) is 11.3 Å². The molecule has 0 unspecified atom stereocenters. The van der Waals surface area contributed by atoms with Gasteiger partial charge in [-0.05, 0) is 19.9 Å². The molecule has 2 heterocycles. The Hall–Kier alpha value is -2.08. The average Bonchev–Trinajstić information content (AvgIpc) is 3.00. The van der Waals surface area contributed by atoms with Crippen LogP contribution in [0.15, 0.2) is 24.1 Å². The van der Waals surface area contributed by atoms with E-state index in [1.807, 2.05) is 23.8 Å². The number of aryl methyl sites for hydroxylation is 1. The van der Waals surface area contributed by atoms with Crippen molar-refractivity contribution in [3.63, 3.8) is 0 Å². The Labute approximate surface area is 128 Å². The Balaban J connectivity index is 2.23. The summed E-state index contributed by atoms with van der Waals surface area (Å²) in [5, 5.41) is 14.9. The molecule has 0 amide bonds. The number of carbonyl (C=O) groups is 1. The number of hydrogen-bond donors (Lipinski definition) is 2. The number of thiazole rings is 1. The summed E-state index contributed by atoms with van der Waals surface area (Å²) < 4.78 is 2.03. The lowest BCUT2D eigenvalue weighted by Crippen LogP contribution is -2.07. The summed E-state index contributed by atoms with van der Waals surface area (Å²) in [6.07, 6.45) is 1.91. The molecule has 0 atom stereocenters. The first-order valence-corrected chi connectivity index (χ1v) is 7.60. The van der Waals surface area contributed by atoms with Crippen LogP contribution in [-0.2, 0) is 11.3 Å². The van der Waals surface area contributed by atoms with E-state index < -0.39 is 5.97 Å². The summed E-state index contributed by atoms with van der Waals surface area (Å²) in [5.74, 6) is -0.784. The number of nitrogens with one attached hydrogen (secondary N) is 1. The minimum absolute atomic E-state index is 0.124. The molecule has 2 rings (SSSR count). The van der Waals surface area contributed by atoms with Crippen molar-refractivity contribution in [1.29, 1.82) is 0 Å². The van der Waals surface area contributed by atoms with E-state index >= 15 is 0 Å². The molecule has 6 heteroatoms. The fourth-order valence-corrected chi connectivity index (χ4v) is 2.97. The highest BCUT2D eigenvalue weighted by Gasteiger charge is 2.14. The van der Waals surface area contributed by atoms with Gasteiger partial charge in [-0.15, -0.1) is 17.9 Å². The zero-order chi connectivity index (χ0) is 15.4. The molecule has 0 saturated carbocycles. The smallest absolute Gasteiger partial charge is 0.305 e. The maximum Gasteiger partial charge on any atom is 0.305 e. The predicted molar refractivity (Wildman–Crippen MR) is 86.0 cm³/mol. The number of nitrogens with zero attached hydrogens (tertiary/aromatic N) is 2. The third-order valence-corrected chi connectivity index (χ3v) is 4.10. The minimum atomic E-state index is -0.784. The Morgan fingerprint density at radius 3 is 3.00 bits per heavy atom. The van der Waals surface area contributed by atoms with Crippen LogP contribution < -0.4 is 5.32 Å². The second-order valence-corrected chi connectivity index (χ2v) is 5.65. The van der Waals surface area contributed by atoms with Crippen LogP contribution in [0.4, 0.5) is 5.13 Å². The summed E-state index contributed by atoms with van der Waals surface area (Å²) in [4.78, 5) is 15.3. The average molecular weight is 305 g/mol. The van der Waals surface area contributed by atoms with Gasteiger partial charge in [0.05, 0.1) is 12.1 Å². The summed E-state index contributed by atoms with van der Waals surface area (Å²) in [5.41, 5.74) is 4.08. The van der Waals surface area contributed by atoms with Gasteiger partial charge >= 0.3 is 5.97 Å². The minimum Gasteiger partial charge on any atom is -0.481 e. The molecule has 21 heavy (non-hydrogen) atoms. The zero-order valence-electron chi connectivity index (χ0n) is 12.2. The fourth-order valence-electron chi connectivity index (χ4n) is 2.25. The first-order valence-electron chi connectivity index (χ1n) is 6.72. The molecule has 2 N–H and O–H groups in total. The molecule has 0 fully saturated rings. The standard InChI is InChI=1S/C15H19N3O2S/c1-4-6-16-15-17-13(9-21-15)12-8-10(2)18(11(12)3)7-5-14(19)20/h4,8-9H,1,5-7H2,2-3H3,(H,16,17)(H,19,20). The van der Waals surface area contributed by atoms with E-state index in [4.69, 9.17) is 5.11 Å². The van der Waals surface area contributed by atoms with E-state index in [2.05, 4.69) is 22.9 Å². The van der Waals surface area contributed by atoms with Gasteiger partial charge < -0.3 is 15.0 Å². The molecule has 0 spiro atoms. The van der Waals surface area contributed by atoms with Crippen molar-refractivity contribution in [2.24, 2.45) is 0 Å². The van der Waals surface area contributed by atoms with Crippen LogP contribution in [0.3, 0.4) is 0 Å². The van der Waals surface area contributed by atoms with Crippen molar-refractivity contribution in [3.05, 3.63) is 35.5 Å². The van der Waals surface area contributed by atoms with E-state index in [0.717, 1.165) is 27.8 Å². The van der Waals surface area contributed by atoms with E-state index in [-0.39, 0.29) is 6.42 Å². The van der Waals surface area contributed by atoms with Gasteiger partial charge in [0.2, 0.25) is 0 Å². The molecule has 2 aromatic rings. The lowest BCUT2D eigenvalue weighted by molar-refractivity contribution is -0.137. The molecule has 0 radical (unpaired) electrons. The maximum atomic E-state index is 10.7. The fraction of sp³-hybridized carbons (Fsp3) is 0.333. The van der Waals surface area contributed by atoms with Gasteiger partial charge in [0.25, 0.3) is 0 Å². The van der Waals surface area contributed by atoms with Gasteiger partial charge in [-0.2, -0.15) is 0 Å². The molecule has 0 aliphatic heterocycles. The van der Waals surface area contributed by atoms with Crippen molar-refractivity contribution in [2.75, 3.05) is 11.9 Å². The SMILES string of the molecule is C=CCNc1nc(-c2cc(C)n(CCC(=O)O)c2C)cs1. The molecule has 5 nitrogen and oxygen atoms in total. The monoisotopic (exact) mass is 305 g/mol. The van der Waals surface area contributed by atoms with Crippen molar-refractivity contribution in [2.45, 2.75) is 26.8 Å². The predicted octanol–water partition coefficient (Wildman–Crippen LogP) is 3.30. The van der Waals surface area contributed by atoms with Gasteiger partial charge in [0.15, 0.2) is 5.13 Å². The first-order chi connectivity index (χ1) is 10.0. The second kappa shape index (κ2) is 6.58. The summed E-state index contributed by atoms with van der Waals surface area (Å²) >= 11 is 1.55.